The van der Waals surface area contributed by atoms with Crippen molar-refractivity contribution in [3.05, 3.63) is 54.6 Å². The first-order chi connectivity index (χ1) is 11.7. The van der Waals surface area contributed by atoms with Crippen molar-refractivity contribution in [2.75, 3.05) is 18.4 Å². The molecule has 4 nitrogen and oxygen atoms in total. The van der Waals surface area contributed by atoms with Crippen molar-refractivity contribution in [3.63, 3.8) is 0 Å². The predicted octanol–water partition coefficient (Wildman–Crippen LogP) is 2.87. The lowest BCUT2D eigenvalue weighted by Crippen LogP contribution is -3.17. The van der Waals surface area contributed by atoms with Crippen molar-refractivity contribution < 1.29 is 14.4 Å². The van der Waals surface area contributed by atoms with Crippen molar-refractivity contribution in [1.82, 2.24) is 0 Å². The third-order valence-electron chi connectivity index (χ3n) is 4.60. The van der Waals surface area contributed by atoms with Gasteiger partial charge in [-0.3, -0.25) is 4.79 Å². The van der Waals surface area contributed by atoms with Crippen LogP contribution in [0, 0.1) is 0 Å². The van der Waals surface area contributed by atoms with E-state index in [1.165, 1.54) is 24.2 Å². The normalized spacial score (nSPS) is 20.4. The molecular weight excluding hydrogens is 300 g/mol. The van der Waals surface area contributed by atoms with Gasteiger partial charge in [0.2, 0.25) is 0 Å². The Labute approximate surface area is 143 Å². The largest absolute Gasteiger partial charge is 0.455 e. The third-order valence-corrected chi connectivity index (χ3v) is 4.60. The number of carbonyl (C=O) groups is 1. The van der Waals surface area contributed by atoms with E-state index in [0.29, 0.717) is 18.3 Å². The highest BCUT2D eigenvalue weighted by Gasteiger charge is 2.24. The maximum absolute atomic E-state index is 12.4. The Morgan fingerprint density at radius 3 is 2.67 bits per heavy atom. The Kier molecular flexibility index (Phi) is 5.49. The second-order valence-electron chi connectivity index (χ2n) is 6.44. The summed E-state index contributed by atoms with van der Waals surface area (Å²) in [6.45, 7) is 3.83. The first-order valence-corrected chi connectivity index (χ1v) is 8.69. The van der Waals surface area contributed by atoms with Gasteiger partial charge in [0, 0.05) is 0 Å². The van der Waals surface area contributed by atoms with Crippen LogP contribution < -0.4 is 15.0 Å². The maximum Gasteiger partial charge on any atom is 0.279 e. The van der Waals surface area contributed by atoms with Crippen LogP contribution in [0.4, 0.5) is 5.69 Å². The van der Waals surface area contributed by atoms with Gasteiger partial charge in [-0.25, -0.2) is 0 Å². The third kappa shape index (κ3) is 4.36. The fraction of sp³-hybridized carbons (Fsp3) is 0.350. The van der Waals surface area contributed by atoms with E-state index in [4.69, 9.17) is 4.74 Å². The second kappa shape index (κ2) is 7.97. The second-order valence-corrected chi connectivity index (χ2v) is 6.44. The first-order valence-electron chi connectivity index (χ1n) is 8.69. The first kappa shape index (κ1) is 16.5. The lowest BCUT2D eigenvalue weighted by molar-refractivity contribution is -0.920. The summed E-state index contributed by atoms with van der Waals surface area (Å²) in [6.07, 6.45) is 3.69. The smallest absolute Gasteiger partial charge is 0.279 e. The minimum Gasteiger partial charge on any atom is -0.455 e. The summed E-state index contributed by atoms with van der Waals surface area (Å²) in [5.74, 6) is 1.47. The molecule has 2 N–H and O–H groups in total. The summed E-state index contributed by atoms with van der Waals surface area (Å²) in [7, 11) is 0. The number of quaternary nitrogens is 1. The molecule has 126 valence electrons. The number of nitrogens with one attached hydrogen (secondary N) is 2. The highest BCUT2D eigenvalue weighted by atomic mass is 16.5. The standard InChI is InChI=1S/C20H24N2O2/c1-16-9-7-8-14-22(16)15-20(23)21-18-12-5-6-13-19(18)24-17-10-3-2-4-11-17/h2-6,10-13,16H,7-9,14-15H2,1H3,(H,21,23)/p+1/t16-/m0/s1. The molecule has 1 fully saturated rings. The molecule has 0 bridgehead atoms. The van der Waals surface area contributed by atoms with E-state index in [9.17, 15) is 4.79 Å². The molecule has 4 heteroatoms. The van der Waals surface area contributed by atoms with E-state index in [2.05, 4.69) is 12.2 Å². The van der Waals surface area contributed by atoms with Gasteiger partial charge in [-0.1, -0.05) is 30.3 Å². The number of para-hydroxylation sites is 3. The van der Waals surface area contributed by atoms with Crippen LogP contribution in [0.5, 0.6) is 11.5 Å². The molecule has 2 aromatic rings. The number of ether oxygens (including phenoxy) is 1. The monoisotopic (exact) mass is 325 g/mol. The van der Waals surface area contributed by atoms with Crippen LogP contribution in [0.2, 0.25) is 0 Å². The van der Waals surface area contributed by atoms with Gasteiger partial charge in [-0.2, -0.15) is 0 Å². The summed E-state index contributed by atoms with van der Waals surface area (Å²) >= 11 is 0. The molecule has 2 aromatic carbocycles. The van der Waals surface area contributed by atoms with Crippen LogP contribution in [0.1, 0.15) is 26.2 Å². The van der Waals surface area contributed by atoms with Crippen LogP contribution >= 0.6 is 0 Å². The average molecular weight is 325 g/mol. The van der Waals surface area contributed by atoms with E-state index in [-0.39, 0.29) is 5.91 Å². The maximum atomic E-state index is 12.4. The average Bonchev–Trinajstić information content (AvgIpc) is 2.60. The van der Waals surface area contributed by atoms with Crippen LogP contribution in [-0.2, 0) is 4.79 Å². The molecule has 1 amide bonds. The number of anilines is 1. The Balaban J connectivity index is 1.65. The number of amides is 1. The van der Waals surface area contributed by atoms with Crippen molar-refractivity contribution >= 4 is 11.6 Å². The highest BCUT2D eigenvalue weighted by molar-refractivity contribution is 5.93. The molecule has 0 saturated carbocycles. The molecule has 1 aliphatic heterocycles. The molecule has 0 radical (unpaired) electrons. The van der Waals surface area contributed by atoms with Gasteiger partial charge in [0.05, 0.1) is 18.3 Å². The van der Waals surface area contributed by atoms with Gasteiger partial charge >= 0.3 is 0 Å². The van der Waals surface area contributed by atoms with E-state index in [1.54, 1.807) is 0 Å². The molecule has 1 heterocycles. The molecule has 1 aliphatic rings. The summed E-state index contributed by atoms with van der Waals surface area (Å²) in [5.41, 5.74) is 0.718. The number of likely N-dealkylation sites (tertiary alicyclic amines) is 1. The fourth-order valence-electron chi connectivity index (χ4n) is 3.19. The topological polar surface area (TPSA) is 42.8 Å². The Hall–Kier alpha value is -2.33. The lowest BCUT2D eigenvalue weighted by Gasteiger charge is -2.29. The number of rotatable bonds is 5. The Morgan fingerprint density at radius 1 is 1.12 bits per heavy atom. The minimum absolute atomic E-state index is 0.0443. The van der Waals surface area contributed by atoms with Gasteiger partial charge in [-0.05, 0) is 50.5 Å². The van der Waals surface area contributed by atoms with E-state index in [0.717, 1.165) is 18.0 Å². The van der Waals surface area contributed by atoms with E-state index in [1.807, 2.05) is 54.6 Å². The SMILES string of the molecule is C[C@H]1CCCC[NH+]1CC(=O)Nc1ccccc1Oc1ccccc1. The summed E-state index contributed by atoms with van der Waals surface area (Å²) < 4.78 is 5.90. The zero-order valence-electron chi connectivity index (χ0n) is 14.1. The van der Waals surface area contributed by atoms with Gasteiger partial charge in [0.1, 0.15) is 5.75 Å². The summed E-state index contributed by atoms with van der Waals surface area (Å²) in [5, 5.41) is 3.01. The zero-order chi connectivity index (χ0) is 16.8. The van der Waals surface area contributed by atoms with Gasteiger partial charge in [-0.15, -0.1) is 0 Å². The number of hydrogen-bond acceptors (Lipinski definition) is 2. The van der Waals surface area contributed by atoms with E-state index >= 15 is 0 Å². The molecular formula is C20H25N2O2+. The molecule has 24 heavy (non-hydrogen) atoms. The molecule has 1 saturated heterocycles. The van der Waals surface area contributed by atoms with Crippen LogP contribution in [-0.4, -0.2) is 25.0 Å². The Bertz CT molecular complexity index is 672. The molecule has 3 rings (SSSR count). The van der Waals surface area contributed by atoms with Crippen LogP contribution in [0.3, 0.4) is 0 Å². The molecule has 0 aliphatic carbocycles. The Morgan fingerprint density at radius 2 is 1.88 bits per heavy atom. The highest BCUT2D eigenvalue weighted by Crippen LogP contribution is 2.28. The van der Waals surface area contributed by atoms with Crippen molar-refractivity contribution in [2.24, 2.45) is 0 Å². The number of hydrogen-bond donors (Lipinski definition) is 2. The van der Waals surface area contributed by atoms with Gasteiger partial charge in [0.25, 0.3) is 5.91 Å². The molecule has 0 aromatic heterocycles. The van der Waals surface area contributed by atoms with Crippen molar-refractivity contribution in [3.8, 4) is 11.5 Å². The van der Waals surface area contributed by atoms with Gasteiger partial charge in [0.15, 0.2) is 12.3 Å². The molecule has 1 unspecified atom stereocenters. The quantitative estimate of drug-likeness (QED) is 0.888. The van der Waals surface area contributed by atoms with E-state index < -0.39 is 0 Å². The van der Waals surface area contributed by atoms with Gasteiger partial charge < -0.3 is 15.0 Å². The minimum atomic E-state index is 0.0443. The lowest BCUT2D eigenvalue weighted by atomic mass is 10.0. The van der Waals surface area contributed by atoms with Crippen molar-refractivity contribution in [2.45, 2.75) is 32.2 Å². The summed E-state index contributed by atoms with van der Waals surface area (Å²) in [4.78, 5) is 13.8. The number of benzene rings is 2. The number of carbonyl (C=O) groups excluding carboxylic acids is 1. The summed E-state index contributed by atoms with van der Waals surface area (Å²) in [6, 6.07) is 17.7. The van der Waals surface area contributed by atoms with Crippen LogP contribution in [0.25, 0.3) is 0 Å². The number of piperidine rings is 1. The predicted molar refractivity (Wildman–Crippen MR) is 95.6 cm³/mol. The van der Waals surface area contributed by atoms with Crippen LogP contribution in [0.15, 0.2) is 54.6 Å². The zero-order valence-corrected chi connectivity index (χ0v) is 14.1. The fourth-order valence-corrected chi connectivity index (χ4v) is 3.19. The molecule has 2 atom stereocenters. The van der Waals surface area contributed by atoms with Crippen molar-refractivity contribution in [1.29, 1.82) is 0 Å². The molecule has 0 spiro atoms.